The first-order valence-electron chi connectivity index (χ1n) is 16.0. The van der Waals surface area contributed by atoms with Crippen LogP contribution in [0.25, 0.3) is 10.9 Å². The van der Waals surface area contributed by atoms with Crippen molar-refractivity contribution in [3.63, 3.8) is 0 Å². The summed E-state index contributed by atoms with van der Waals surface area (Å²) < 4.78 is 40.5. The van der Waals surface area contributed by atoms with E-state index in [2.05, 4.69) is 15.6 Å². The van der Waals surface area contributed by atoms with E-state index < -0.39 is 22.0 Å². The SMILES string of the molecule is Cc1cc(C)c2cccc(OCc3c(Cl)ccc(S(=O)(=O)N4CCC[C@H]4C(=O)NCCCNC(=O)COc4ccc(C(=N)N)cc4)c3Cl)c2n1. The van der Waals surface area contributed by atoms with Crippen LogP contribution in [0.3, 0.4) is 0 Å². The van der Waals surface area contributed by atoms with Gasteiger partial charge in [0, 0.05) is 46.9 Å². The Kier molecular flexibility index (Phi) is 11.8. The zero-order chi connectivity index (χ0) is 36.0. The predicted molar refractivity (Wildman–Crippen MR) is 193 cm³/mol. The average molecular weight is 742 g/mol. The van der Waals surface area contributed by atoms with E-state index in [4.69, 9.17) is 43.8 Å². The molecule has 12 nitrogen and oxygen atoms in total. The molecule has 50 heavy (non-hydrogen) atoms. The van der Waals surface area contributed by atoms with Gasteiger partial charge in [-0.15, -0.1) is 0 Å². The summed E-state index contributed by atoms with van der Waals surface area (Å²) in [7, 11) is -4.19. The molecule has 15 heteroatoms. The lowest BCUT2D eigenvalue weighted by Gasteiger charge is -2.24. The summed E-state index contributed by atoms with van der Waals surface area (Å²) in [4.78, 5) is 29.8. The fourth-order valence-electron chi connectivity index (χ4n) is 5.72. The molecule has 0 unspecified atom stereocenters. The Balaban J connectivity index is 1.16. The van der Waals surface area contributed by atoms with Crippen LogP contribution in [0, 0.1) is 19.3 Å². The highest BCUT2D eigenvalue weighted by molar-refractivity contribution is 7.89. The highest BCUT2D eigenvalue weighted by Gasteiger charge is 2.40. The van der Waals surface area contributed by atoms with Crippen LogP contribution >= 0.6 is 23.2 Å². The lowest BCUT2D eigenvalue weighted by atomic mass is 10.1. The fourth-order valence-corrected chi connectivity index (χ4v) is 8.24. The first kappa shape index (κ1) is 36.8. The number of nitrogens with zero attached hydrogens (tertiary/aromatic N) is 2. The van der Waals surface area contributed by atoms with E-state index in [1.807, 2.05) is 32.0 Å². The van der Waals surface area contributed by atoms with Crippen LogP contribution in [0.4, 0.5) is 0 Å². The summed E-state index contributed by atoms with van der Waals surface area (Å²) in [5.74, 6) is 0.130. The van der Waals surface area contributed by atoms with E-state index in [1.165, 1.54) is 16.4 Å². The van der Waals surface area contributed by atoms with Gasteiger partial charge in [0.15, 0.2) is 6.61 Å². The zero-order valence-electron chi connectivity index (χ0n) is 27.6. The van der Waals surface area contributed by atoms with Crippen molar-refractivity contribution in [1.82, 2.24) is 19.9 Å². The van der Waals surface area contributed by atoms with Gasteiger partial charge in [-0.1, -0.05) is 35.3 Å². The third-order valence-corrected chi connectivity index (χ3v) is 11.1. The predicted octanol–water partition coefficient (Wildman–Crippen LogP) is 4.88. The minimum Gasteiger partial charge on any atom is -0.487 e. The molecule has 2 heterocycles. The first-order valence-corrected chi connectivity index (χ1v) is 18.2. The van der Waals surface area contributed by atoms with Gasteiger partial charge in [-0.25, -0.2) is 13.4 Å². The van der Waals surface area contributed by atoms with Crippen LogP contribution in [0.2, 0.25) is 10.0 Å². The maximum atomic E-state index is 13.9. The number of para-hydroxylation sites is 1. The molecule has 1 aromatic heterocycles. The Morgan fingerprint density at radius 3 is 2.52 bits per heavy atom. The largest absolute Gasteiger partial charge is 0.487 e. The molecule has 2 amide bonds. The molecule has 5 rings (SSSR count). The summed E-state index contributed by atoms with van der Waals surface area (Å²) in [6.45, 7) is 4.24. The van der Waals surface area contributed by atoms with Crippen LogP contribution < -0.4 is 25.8 Å². The normalized spacial score (nSPS) is 14.8. The van der Waals surface area contributed by atoms with Crippen molar-refractivity contribution in [2.45, 2.75) is 50.7 Å². The lowest BCUT2D eigenvalue weighted by Crippen LogP contribution is -2.46. The maximum absolute atomic E-state index is 13.9. The average Bonchev–Trinajstić information content (AvgIpc) is 3.59. The van der Waals surface area contributed by atoms with Crippen LogP contribution in [0.15, 0.2) is 65.6 Å². The van der Waals surface area contributed by atoms with E-state index >= 15 is 0 Å². The topological polar surface area (TPSA) is 177 Å². The van der Waals surface area contributed by atoms with Crippen molar-refractivity contribution < 1.29 is 27.5 Å². The van der Waals surface area contributed by atoms with Crippen molar-refractivity contribution in [2.24, 2.45) is 5.73 Å². The molecule has 1 aliphatic heterocycles. The highest BCUT2D eigenvalue weighted by Crippen LogP contribution is 2.36. The Bertz CT molecular complexity index is 2030. The number of aromatic nitrogens is 1. The lowest BCUT2D eigenvalue weighted by molar-refractivity contribution is -0.124. The summed E-state index contributed by atoms with van der Waals surface area (Å²) in [5, 5.41) is 14.0. The number of rotatable bonds is 14. The number of nitrogens with one attached hydrogen (secondary N) is 3. The number of hydrogen-bond donors (Lipinski definition) is 4. The van der Waals surface area contributed by atoms with Gasteiger partial charge in [-0.2, -0.15) is 4.31 Å². The Hall–Kier alpha value is -4.43. The van der Waals surface area contributed by atoms with E-state index in [0.29, 0.717) is 47.4 Å². The summed E-state index contributed by atoms with van der Waals surface area (Å²) in [6.07, 6.45) is 1.27. The molecule has 0 spiro atoms. The minimum absolute atomic E-state index is 0.0636. The van der Waals surface area contributed by atoms with Gasteiger partial charge in [0.2, 0.25) is 15.9 Å². The van der Waals surface area contributed by atoms with Crippen molar-refractivity contribution >= 4 is 61.8 Å². The number of carbonyl (C=O) groups excluding carboxylic acids is 2. The van der Waals surface area contributed by atoms with Crippen LogP contribution in [0.1, 0.15) is 41.6 Å². The molecule has 264 valence electrons. The van der Waals surface area contributed by atoms with Gasteiger partial charge in [0.25, 0.3) is 5.91 Å². The Morgan fingerprint density at radius 1 is 1.04 bits per heavy atom. The molecule has 1 fully saturated rings. The van der Waals surface area contributed by atoms with Crippen molar-refractivity contribution in [3.05, 3.63) is 93.1 Å². The van der Waals surface area contributed by atoms with Crippen molar-refractivity contribution in [1.29, 1.82) is 5.41 Å². The Labute approximate surface area is 300 Å². The molecule has 1 saturated heterocycles. The van der Waals surface area contributed by atoms with E-state index in [0.717, 1.165) is 16.6 Å². The molecule has 1 atom stereocenters. The highest BCUT2D eigenvalue weighted by atomic mass is 35.5. The number of nitrogen functional groups attached to an aromatic ring is 1. The number of amides is 2. The molecule has 0 aliphatic carbocycles. The second kappa shape index (κ2) is 16.1. The molecule has 4 aromatic rings. The minimum atomic E-state index is -4.19. The van der Waals surface area contributed by atoms with Crippen molar-refractivity contribution in [3.8, 4) is 11.5 Å². The van der Waals surface area contributed by atoms with E-state index in [9.17, 15) is 18.0 Å². The molecule has 3 aromatic carbocycles. The van der Waals surface area contributed by atoms with E-state index in [1.54, 1.807) is 30.3 Å². The molecule has 1 aliphatic rings. The number of nitrogens with two attached hydrogens (primary N) is 1. The number of sulfonamides is 1. The molecule has 0 radical (unpaired) electrons. The quantitative estimate of drug-likeness (QED) is 0.0804. The number of carbonyl (C=O) groups is 2. The molecule has 0 saturated carbocycles. The molecular formula is C35H38Cl2N6O6S. The summed E-state index contributed by atoms with van der Waals surface area (Å²) in [5.41, 5.74) is 8.85. The molecule has 5 N–H and O–H groups in total. The first-order chi connectivity index (χ1) is 23.9. The van der Waals surface area contributed by atoms with Crippen LogP contribution in [-0.4, -0.2) is 67.6 Å². The second-order valence-corrected chi connectivity index (χ2v) is 14.5. The van der Waals surface area contributed by atoms with Gasteiger partial charge >= 0.3 is 0 Å². The summed E-state index contributed by atoms with van der Waals surface area (Å²) in [6, 6.07) is 15.9. The van der Waals surface area contributed by atoms with Gasteiger partial charge in [-0.3, -0.25) is 15.0 Å². The summed E-state index contributed by atoms with van der Waals surface area (Å²) >= 11 is 13.2. The third-order valence-electron chi connectivity index (χ3n) is 8.26. The van der Waals surface area contributed by atoms with Crippen LogP contribution in [-0.2, 0) is 26.2 Å². The van der Waals surface area contributed by atoms with Crippen molar-refractivity contribution in [2.75, 3.05) is 26.2 Å². The third kappa shape index (κ3) is 8.47. The second-order valence-electron chi connectivity index (χ2n) is 11.9. The number of benzene rings is 3. The van der Waals surface area contributed by atoms with Gasteiger partial charge < -0.3 is 25.8 Å². The van der Waals surface area contributed by atoms with Gasteiger partial charge in [-0.05, 0) is 87.2 Å². The smallest absolute Gasteiger partial charge is 0.257 e. The Morgan fingerprint density at radius 2 is 1.78 bits per heavy atom. The van der Waals surface area contributed by atoms with Gasteiger partial charge in [0.1, 0.15) is 40.4 Å². The number of fused-ring (bicyclic) bond motifs is 1. The number of pyridine rings is 1. The number of aryl methyl sites for hydroxylation is 2. The van der Waals surface area contributed by atoms with Crippen LogP contribution in [0.5, 0.6) is 11.5 Å². The monoisotopic (exact) mass is 740 g/mol. The number of hydrogen-bond acceptors (Lipinski definition) is 8. The standard InChI is InChI=1S/C35H38Cl2N6O6S/c1-21-18-22(2)42-33-25(21)6-3-8-29(33)49-19-26-27(36)13-14-30(32(26)37)50(46,47)43-17-4-7-28(43)35(45)41-16-5-15-40-31(44)20-48-24-11-9-23(10-12-24)34(38)39/h3,6,8-14,18,28H,4-5,7,15-17,19-20H2,1-2H3,(H3,38,39)(H,40,44)(H,41,45)/t28-/m0/s1. The maximum Gasteiger partial charge on any atom is 0.257 e. The number of amidine groups is 1. The molecular weight excluding hydrogens is 703 g/mol. The molecule has 0 bridgehead atoms. The number of ether oxygens (including phenoxy) is 2. The van der Waals surface area contributed by atoms with Gasteiger partial charge in [0.05, 0.1) is 5.02 Å². The zero-order valence-corrected chi connectivity index (χ0v) is 29.9. The number of halogens is 2. The van der Waals surface area contributed by atoms with E-state index in [-0.39, 0.29) is 59.5 Å². The fraction of sp³-hybridized carbons (Fsp3) is 0.314.